The minimum atomic E-state index is 0.229. The molecule has 17 heavy (non-hydrogen) atoms. The summed E-state index contributed by atoms with van der Waals surface area (Å²) in [4.78, 5) is 9.90. The van der Waals surface area contributed by atoms with Crippen molar-refractivity contribution in [2.45, 2.75) is 20.8 Å². The van der Waals surface area contributed by atoms with E-state index >= 15 is 0 Å². The summed E-state index contributed by atoms with van der Waals surface area (Å²) in [5.41, 5.74) is 0.229. The van der Waals surface area contributed by atoms with Crippen LogP contribution in [0.5, 0.6) is 0 Å². The lowest BCUT2D eigenvalue weighted by Crippen LogP contribution is -2.20. The molecular formula is C12H18N4S. The zero-order valence-corrected chi connectivity index (χ0v) is 11.5. The SMILES string of the molecule is CNc1nc(NCC(C)(C)C)c2ccsc2n1. The lowest BCUT2D eigenvalue weighted by Gasteiger charge is -2.19. The van der Waals surface area contributed by atoms with Crippen molar-refractivity contribution in [3.05, 3.63) is 11.4 Å². The molecule has 0 atom stereocenters. The van der Waals surface area contributed by atoms with Crippen LogP contribution in [0.15, 0.2) is 11.4 Å². The maximum Gasteiger partial charge on any atom is 0.225 e. The molecule has 0 amide bonds. The van der Waals surface area contributed by atoms with Gasteiger partial charge in [0, 0.05) is 13.6 Å². The first-order chi connectivity index (χ1) is 7.99. The molecule has 0 aliphatic carbocycles. The first-order valence-corrected chi connectivity index (χ1v) is 6.54. The molecule has 0 unspecified atom stereocenters. The van der Waals surface area contributed by atoms with E-state index < -0.39 is 0 Å². The average Bonchev–Trinajstić information content (AvgIpc) is 2.72. The Morgan fingerprint density at radius 2 is 2.06 bits per heavy atom. The molecule has 5 heteroatoms. The van der Waals surface area contributed by atoms with Gasteiger partial charge in [0.2, 0.25) is 5.95 Å². The Morgan fingerprint density at radius 1 is 1.29 bits per heavy atom. The minimum absolute atomic E-state index is 0.229. The van der Waals surface area contributed by atoms with Gasteiger partial charge in [0.1, 0.15) is 10.6 Å². The van der Waals surface area contributed by atoms with E-state index in [0.29, 0.717) is 5.95 Å². The molecule has 2 aromatic rings. The predicted octanol–water partition coefficient (Wildman–Crippen LogP) is 3.19. The average molecular weight is 250 g/mol. The molecular weight excluding hydrogens is 232 g/mol. The smallest absolute Gasteiger partial charge is 0.225 e. The number of hydrogen-bond acceptors (Lipinski definition) is 5. The Balaban J connectivity index is 2.34. The van der Waals surface area contributed by atoms with Crippen LogP contribution in [-0.2, 0) is 0 Å². The van der Waals surface area contributed by atoms with E-state index in [0.717, 1.165) is 22.6 Å². The highest BCUT2D eigenvalue weighted by atomic mass is 32.1. The molecule has 2 rings (SSSR count). The molecule has 2 heterocycles. The first kappa shape index (κ1) is 12.1. The minimum Gasteiger partial charge on any atom is -0.369 e. The van der Waals surface area contributed by atoms with Gasteiger partial charge in [0.15, 0.2) is 0 Å². The van der Waals surface area contributed by atoms with Crippen molar-refractivity contribution < 1.29 is 0 Å². The van der Waals surface area contributed by atoms with E-state index in [1.54, 1.807) is 11.3 Å². The highest BCUT2D eigenvalue weighted by molar-refractivity contribution is 7.16. The summed E-state index contributed by atoms with van der Waals surface area (Å²) in [6.07, 6.45) is 0. The largest absolute Gasteiger partial charge is 0.369 e. The van der Waals surface area contributed by atoms with Crippen LogP contribution in [-0.4, -0.2) is 23.6 Å². The fourth-order valence-corrected chi connectivity index (χ4v) is 2.21. The molecule has 0 aliphatic heterocycles. The maximum atomic E-state index is 4.47. The van der Waals surface area contributed by atoms with Crippen molar-refractivity contribution >= 4 is 33.3 Å². The molecule has 2 N–H and O–H groups in total. The number of aromatic nitrogens is 2. The summed E-state index contributed by atoms with van der Waals surface area (Å²) in [7, 11) is 1.84. The second-order valence-corrected chi connectivity index (χ2v) is 6.09. The van der Waals surface area contributed by atoms with Crippen LogP contribution in [0, 0.1) is 5.41 Å². The Morgan fingerprint density at radius 3 is 2.71 bits per heavy atom. The molecule has 0 bridgehead atoms. The second kappa shape index (κ2) is 4.49. The van der Waals surface area contributed by atoms with Crippen LogP contribution in [0.25, 0.3) is 10.2 Å². The molecule has 0 aliphatic rings. The zero-order valence-electron chi connectivity index (χ0n) is 10.7. The molecule has 0 saturated heterocycles. The van der Waals surface area contributed by atoms with Crippen molar-refractivity contribution in [2.24, 2.45) is 5.41 Å². The van der Waals surface area contributed by atoms with E-state index in [1.807, 2.05) is 12.4 Å². The number of fused-ring (bicyclic) bond motifs is 1. The third kappa shape index (κ3) is 2.85. The number of hydrogen-bond donors (Lipinski definition) is 2. The lowest BCUT2D eigenvalue weighted by molar-refractivity contribution is 0.442. The van der Waals surface area contributed by atoms with E-state index in [2.05, 4.69) is 47.4 Å². The number of nitrogens with zero attached hydrogens (tertiary/aromatic N) is 2. The second-order valence-electron chi connectivity index (χ2n) is 5.20. The number of thiophene rings is 1. The van der Waals surface area contributed by atoms with Crippen molar-refractivity contribution in [1.82, 2.24) is 9.97 Å². The summed E-state index contributed by atoms with van der Waals surface area (Å²) in [6, 6.07) is 2.06. The summed E-state index contributed by atoms with van der Waals surface area (Å²) in [5, 5.41) is 9.53. The Labute approximate surface area is 105 Å². The molecule has 0 aromatic carbocycles. The van der Waals surface area contributed by atoms with Crippen molar-refractivity contribution in [1.29, 1.82) is 0 Å². The van der Waals surface area contributed by atoms with Gasteiger partial charge in [-0.25, -0.2) is 4.98 Å². The fourth-order valence-electron chi connectivity index (χ4n) is 1.45. The quantitative estimate of drug-likeness (QED) is 0.878. The van der Waals surface area contributed by atoms with Crippen LogP contribution in [0.1, 0.15) is 20.8 Å². The monoisotopic (exact) mass is 250 g/mol. The third-order valence-electron chi connectivity index (χ3n) is 2.33. The van der Waals surface area contributed by atoms with Crippen molar-refractivity contribution in [3.63, 3.8) is 0 Å². The van der Waals surface area contributed by atoms with E-state index in [9.17, 15) is 0 Å². The lowest BCUT2D eigenvalue weighted by atomic mass is 9.97. The molecule has 4 nitrogen and oxygen atoms in total. The van der Waals surface area contributed by atoms with Crippen molar-refractivity contribution in [3.8, 4) is 0 Å². The van der Waals surface area contributed by atoms with Gasteiger partial charge in [0.25, 0.3) is 0 Å². The van der Waals surface area contributed by atoms with Gasteiger partial charge in [-0.05, 0) is 16.9 Å². The first-order valence-electron chi connectivity index (χ1n) is 5.66. The maximum absolute atomic E-state index is 4.47. The molecule has 2 aromatic heterocycles. The molecule has 0 saturated carbocycles. The number of nitrogens with one attached hydrogen (secondary N) is 2. The Hall–Kier alpha value is -1.36. The predicted molar refractivity (Wildman–Crippen MR) is 74.9 cm³/mol. The standard InChI is InChI=1S/C12H18N4S/c1-12(2,3)7-14-9-8-5-6-17-10(8)16-11(13-4)15-9/h5-6H,7H2,1-4H3,(H2,13,14,15,16). The van der Waals surface area contributed by atoms with Crippen LogP contribution in [0.2, 0.25) is 0 Å². The van der Waals surface area contributed by atoms with Gasteiger partial charge < -0.3 is 10.6 Å². The van der Waals surface area contributed by atoms with Gasteiger partial charge in [-0.15, -0.1) is 11.3 Å². The Kier molecular flexibility index (Phi) is 3.19. The van der Waals surface area contributed by atoms with Crippen LogP contribution in [0.3, 0.4) is 0 Å². The summed E-state index contributed by atoms with van der Waals surface area (Å²) < 4.78 is 0. The summed E-state index contributed by atoms with van der Waals surface area (Å²) >= 11 is 1.63. The van der Waals surface area contributed by atoms with Crippen LogP contribution >= 0.6 is 11.3 Å². The van der Waals surface area contributed by atoms with Gasteiger partial charge in [-0.2, -0.15) is 4.98 Å². The molecule has 0 fully saturated rings. The number of anilines is 2. The third-order valence-corrected chi connectivity index (χ3v) is 3.14. The Bertz CT molecular complexity index is 513. The normalized spacial score (nSPS) is 11.8. The molecule has 92 valence electrons. The number of rotatable bonds is 3. The highest BCUT2D eigenvalue weighted by Crippen LogP contribution is 2.27. The molecule has 0 spiro atoms. The molecule has 0 radical (unpaired) electrons. The van der Waals surface area contributed by atoms with Crippen LogP contribution in [0.4, 0.5) is 11.8 Å². The summed E-state index contributed by atoms with van der Waals surface area (Å²) in [6.45, 7) is 7.49. The van der Waals surface area contributed by atoms with E-state index in [1.165, 1.54) is 0 Å². The fraction of sp³-hybridized carbons (Fsp3) is 0.500. The van der Waals surface area contributed by atoms with Crippen LogP contribution < -0.4 is 10.6 Å². The van der Waals surface area contributed by atoms with Gasteiger partial charge >= 0.3 is 0 Å². The van der Waals surface area contributed by atoms with Gasteiger partial charge in [0.05, 0.1) is 5.39 Å². The van der Waals surface area contributed by atoms with E-state index in [4.69, 9.17) is 0 Å². The van der Waals surface area contributed by atoms with Crippen molar-refractivity contribution in [2.75, 3.05) is 24.2 Å². The topological polar surface area (TPSA) is 49.8 Å². The summed E-state index contributed by atoms with van der Waals surface area (Å²) in [5.74, 6) is 1.58. The highest BCUT2D eigenvalue weighted by Gasteiger charge is 2.13. The zero-order chi connectivity index (χ0) is 12.5. The van der Waals surface area contributed by atoms with Gasteiger partial charge in [-0.1, -0.05) is 20.8 Å². The van der Waals surface area contributed by atoms with Gasteiger partial charge in [-0.3, -0.25) is 0 Å². The van der Waals surface area contributed by atoms with E-state index in [-0.39, 0.29) is 5.41 Å².